The molecule has 0 aliphatic carbocycles. The number of amides is 1. The monoisotopic (exact) mass is 292 g/mol. The molecule has 0 unspecified atom stereocenters. The summed E-state index contributed by atoms with van der Waals surface area (Å²) in [7, 11) is 1.66. The molecule has 2 aromatic rings. The first kappa shape index (κ1) is 14.8. The smallest absolute Gasteiger partial charge is 0.255 e. The summed E-state index contributed by atoms with van der Waals surface area (Å²) in [4.78, 5) is 18.0. The lowest BCUT2D eigenvalue weighted by atomic mass is 10.1. The Morgan fingerprint density at radius 2 is 1.95 bits per heavy atom. The van der Waals surface area contributed by atoms with Crippen molar-refractivity contribution < 1.29 is 9.90 Å². The third-order valence-electron chi connectivity index (χ3n) is 2.95. The Morgan fingerprint density at radius 3 is 2.55 bits per heavy atom. The van der Waals surface area contributed by atoms with E-state index < -0.39 is 5.60 Å². The van der Waals surface area contributed by atoms with Crippen LogP contribution in [0, 0.1) is 0 Å². The fraction of sp³-hybridized carbons (Fsp3) is 0.333. The van der Waals surface area contributed by atoms with Gasteiger partial charge in [-0.2, -0.15) is 0 Å². The van der Waals surface area contributed by atoms with Crippen LogP contribution in [0.4, 0.5) is 0 Å². The van der Waals surface area contributed by atoms with Crippen LogP contribution in [0.25, 0.3) is 10.8 Å². The first-order valence-electron chi connectivity index (χ1n) is 6.31. The van der Waals surface area contributed by atoms with Gasteiger partial charge in [0.2, 0.25) is 0 Å². The molecule has 1 N–H and O–H groups in total. The number of hydrogen-bond acceptors (Lipinski definition) is 3. The second-order valence-corrected chi connectivity index (χ2v) is 5.84. The Labute approximate surface area is 123 Å². The summed E-state index contributed by atoms with van der Waals surface area (Å²) in [6.07, 6.45) is 1.48. The van der Waals surface area contributed by atoms with E-state index in [-0.39, 0.29) is 12.5 Å². The highest BCUT2D eigenvalue weighted by Crippen LogP contribution is 2.25. The highest BCUT2D eigenvalue weighted by Gasteiger charge is 2.22. The first-order valence-corrected chi connectivity index (χ1v) is 6.68. The normalized spacial score (nSPS) is 11.7. The van der Waals surface area contributed by atoms with Crippen molar-refractivity contribution >= 4 is 28.3 Å². The third kappa shape index (κ3) is 3.08. The van der Waals surface area contributed by atoms with Gasteiger partial charge < -0.3 is 10.0 Å². The lowest BCUT2D eigenvalue weighted by Crippen LogP contribution is -2.39. The summed E-state index contributed by atoms with van der Waals surface area (Å²) in [5, 5.41) is 11.7. The minimum atomic E-state index is -0.944. The van der Waals surface area contributed by atoms with Crippen molar-refractivity contribution in [2.24, 2.45) is 0 Å². The number of rotatable bonds is 3. The number of aromatic nitrogens is 1. The quantitative estimate of drug-likeness (QED) is 0.885. The topological polar surface area (TPSA) is 53.4 Å². The molecular formula is C15H17ClN2O2. The molecule has 0 aliphatic rings. The summed E-state index contributed by atoms with van der Waals surface area (Å²) in [6.45, 7) is 3.56. The minimum absolute atomic E-state index is 0.188. The molecule has 1 aromatic carbocycles. The van der Waals surface area contributed by atoms with Crippen molar-refractivity contribution in [3.8, 4) is 0 Å². The predicted molar refractivity (Wildman–Crippen MR) is 80.0 cm³/mol. The molecule has 4 nitrogen and oxygen atoms in total. The number of carbonyl (C=O) groups excluding carboxylic acids is 1. The van der Waals surface area contributed by atoms with Gasteiger partial charge in [-0.25, -0.2) is 4.98 Å². The number of hydrogen-bond donors (Lipinski definition) is 1. The van der Waals surface area contributed by atoms with Crippen molar-refractivity contribution in [3.63, 3.8) is 0 Å². The maximum absolute atomic E-state index is 12.5. The number of fused-ring (bicyclic) bond motifs is 1. The Bertz CT molecular complexity index is 650. The second kappa shape index (κ2) is 5.38. The molecule has 20 heavy (non-hydrogen) atoms. The van der Waals surface area contributed by atoms with Gasteiger partial charge in [-0.05, 0) is 19.2 Å². The summed E-state index contributed by atoms with van der Waals surface area (Å²) in [5.74, 6) is -0.188. The van der Waals surface area contributed by atoms with E-state index in [1.54, 1.807) is 20.9 Å². The van der Waals surface area contributed by atoms with Crippen LogP contribution in [-0.4, -0.2) is 40.1 Å². The van der Waals surface area contributed by atoms with Crippen molar-refractivity contribution in [1.82, 2.24) is 9.88 Å². The molecular weight excluding hydrogens is 276 g/mol. The molecule has 1 heterocycles. The van der Waals surface area contributed by atoms with E-state index in [1.807, 2.05) is 24.3 Å². The number of halogens is 1. The highest BCUT2D eigenvalue weighted by molar-refractivity contribution is 6.34. The lowest BCUT2D eigenvalue weighted by molar-refractivity contribution is 0.0368. The van der Waals surface area contributed by atoms with Crippen LogP contribution >= 0.6 is 11.6 Å². The summed E-state index contributed by atoms with van der Waals surface area (Å²) in [5.41, 5.74) is -0.461. The Morgan fingerprint density at radius 1 is 1.35 bits per heavy atom. The van der Waals surface area contributed by atoms with Crippen LogP contribution < -0.4 is 0 Å². The van der Waals surface area contributed by atoms with E-state index in [0.29, 0.717) is 10.7 Å². The number of benzene rings is 1. The lowest BCUT2D eigenvalue weighted by Gasteiger charge is -2.26. The van der Waals surface area contributed by atoms with Crippen LogP contribution in [0.1, 0.15) is 24.2 Å². The van der Waals surface area contributed by atoms with Crippen molar-refractivity contribution in [1.29, 1.82) is 0 Å². The average molecular weight is 293 g/mol. The predicted octanol–water partition coefficient (Wildman–Crippen LogP) is 2.73. The molecule has 1 aromatic heterocycles. The molecule has 5 heteroatoms. The molecule has 0 spiro atoms. The molecule has 1 amide bonds. The van der Waals surface area contributed by atoms with Crippen LogP contribution in [0.5, 0.6) is 0 Å². The Balaban J connectivity index is 2.43. The zero-order valence-electron chi connectivity index (χ0n) is 11.7. The molecule has 106 valence electrons. The number of pyridine rings is 1. The zero-order valence-corrected chi connectivity index (χ0v) is 12.5. The highest BCUT2D eigenvalue weighted by atomic mass is 35.5. The van der Waals surface area contributed by atoms with Crippen LogP contribution in [-0.2, 0) is 0 Å². The van der Waals surface area contributed by atoms with E-state index in [9.17, 15) is 9.90 Å². The number of likely N-dealkylation sites (N-methyl/N-ethyl adjacent to an activating group) is 1. The molecule has 0 saturated heterocycles. The number of nitrogens with zero attached hydrogens (tertiary/aromatic N) is 2. The van der Waals surface area contributed by atoms with Crippen LogP contribution in [0.2, 0.25) is 5.15 Å². The van der Waals surface area contributed by atoms with Gasteiger partial charge in [0.25, 0.3) is 5.91 Å². The van der Waals surface area contributed by atoms with Gasteiger partial charge in [0, 0.05) is 25.2 Å². The molecule has 0 radical (unpaired) electrons. The maximum atomic E-state index is 12.5. The van der Waals surface area contributed by atoms with E-state index in [4.69, 9.17) is 11.6 Å². The van der Waals surface area contributed by atoms with E-state index >= 15 is 0 Å². The van der Waals surface area contributed by atoms with E-state index in [1.165, 1.54) is 11.1 Å². The number of aliphatic hydroxyl groups is 1. The molecule has 0 bridgehead atoms. The fourth-order valence-corrected chi connectivity index (χ4v) is 2.40. The molecule has 2 rings (SSSR count). The third-order valence-corrected chi connectivity index (χ3v) is 3.25. The van der Waals surface area contributed by atoms with Crippen LogP contribution in [0.15, 0.2) is 30.5 Å². The Hall–Kier alpha value is -1.65. The molecule has 0 atom stereocenters. The summed E-state index contributed by atoms with van der Waals surface area (Å²) in [6, 6.07) is 7.38. The van der Waals surface area contributed by atoms with E-state index in [0.717, 1.165) is 10.8 Å². The van der Waals surface area contributed by atoms with Gasteiger partial charge in [0.05, 0.1) is 11.2 Å². The van der Waals surface area contributed by atoms with Gasteiger partial charge in [-0.1, -0.05) is 35.9 Å². The average Bonchev–Trinajstić information content (AvgIpc) is 2.37. The number of carbonyl (C=O) groups is 1. The van der Waals surface area contributed by atoms with E-state index in [2.05, 4.69) is 4.98 Å². The van der Waals surface area contributed by atoms with Crippen molar-refractivity contribution in [3.05, 3.63) is 41.2 Å². The van der Waals surface area contributed by atoms with Gasteiger partial charge in [-0.3, -0.25) is 4.79 Å². The maximum Gasteiger partial charge on any atom is 0.255 e. The first-order chi connectivity index (χ1) is 9.29. The zero-order chi connectivity index (χ0) is 14.9. The fourth-order valence-electron chi connectivity index (χ4n) is 2.19. The summed E-state index contributed by atoms with van der Waals surface area (Å²) >= 11 is 6.04. The standard InChI is InChI=1S/C15H17ClN2O2/c1-15(2,20)9-18(3)14(19)12-8-17-13(16)11-7-5-4-6-10(11)12/h4-8,20H,9H2,1-3H3. The molecule has 0 aliphatic heterocycles. The van der Waals surface area contributed by atoms with Crippen LogP contribution in [0.3, 0.4) is 0 Å². The second-order valence-electron chi connectivity index (χ2n) is 5.48. The molecule has 0 fully saturated rings. The van der Waals surface area contributed by atoms with Gasteiger partial charge in [-0.15, -0.1) is 0 Å². The Kier molecular flexibility index (Phi) is 3.97. The van der Waals surface area contributed by atoms with Gasteiger partial charge >= 0.3 is 0 Å². The van der Waals surface area contributed by atoms with Crippen molar-refractivity contribution in [2.45, 2.75) is 19.4 Å². The van der Waals surface area contributed by atoms with Gasteiger partial charge in [0.1, 0.15) is 5.15 Å². The summed E-state index contributed by atoms with van der Waals surface area (Å²) < 4.78 is 0. The van der Waals surface area contributed by atoms with Crippen molar-refractivity contribution in [2.75, 3.05) is 13.6 Å². The SMILES string of the molecule is CN(CC(C)(C)O)C(=O)c1cnc(Cl)c2ccccc12. The largest absolute Gasteiger partial charge is 0.389 e. The molecule has 0 saturated carbocycles. The minimum Gasteiger partial charge on any atom is -0.389 e. The van der Waals surface area contributed by atoms with Gasteiger partial charge in [0.15, 0.2) is 0 Å².